The highest BCUT2D eigenvalue weighted by Gasteiger charge is 2.43. The molecule has 2 amide bonds. The molecule has 1 atom stereocenters. The number of hydrogen-bond acceptors (Lipinski definition) is 6. The Balaban J connectivity index is 1.40. The van der Waals surface area contributed by atoms with Gasteiger partial charge in [-0.1, -0.05) is 18.2 Å². The third-order valence-corrected chi connectivity index (χ3v) is 5.32. The van der Waals surface area contributed by atoms with Gasteiger partial charge in [0, 0.05) is 44.0 Å². The fourth-order valence-corrected chi connectivity index (χ4v) is 3.83. The normalized spacial score (nSPS) is 20.6. The van der Waals surface area contributed by atoms with Crippen LogP contribution in [0.5, 0.6) is 0 Å². The molecule has 2 aliphatic heterocycles. The van der Waals surface area contributed by atoms with Gasteiger partial charge in [0.25, 0.3) is 11.6 Å². The molecule has 8 nitrogen and oxygen atoms in total. The third kappa shape index (κ3) is 3.34. The highest BCUT2D eigenvalue weighted by atomic mass is 16.6. The molecule has 0 spiro atoms. The van der Waals surface area contributed by atoms with Crippen molar-refractivity contribution < 1.29 is 14.5 Å². The Labute approximate surface area is 162 Å². The number of anilines is 2. The Morgan fingerprint density at radius 2 is 1.50 bits per heavy atom. The van der Waals surface area contributed by atoms with Crippen LogP contribution in [-0.4, -0.2) is 53.9 Å². The summed E-state index contributed by atoms with van der Waals surface area (Å²) >= 11 is 0. The summed E-state index contributed by atoms with van der Waals surface area (Å²) in [6, 6.07) is 15.1. The van der Waals surface area contributed by atoms with E-state index in [-0.39, 0.29) is 23.9 Å². The van der Waals surface area contributed by atoms with Crippen molar-refractivity contribution in [3.05, 3.63) is 64.7 Å². The summed E-state index contributed by atoms with van der Waals surface area (Å²) in [6.07, 6.45) is 0.200. The lowest BCUT2D eigenvalue weighted by Gasteiger charge is -2.38. The van der Waals surface area contributed by atoms with Crippen molar-refractivity contribution in [3.8, 4) is 0 Å². The second-order valence-electron chi connectivity index (χ2n) is 6.92. The van der Waals surface area contributed by atoms with Crippen LogP contribution in [0.25, 0.3) is 0 Å². The number of nitrogens with zero attached hydrogens (tertiary/aromatic N) is 4. The first-order chi connectivity index (χ1) is 13.5. The van der Waals surface area contributed by atoms with E-state index in [1.807, 2.05) is 18.2 Å². The minimum atomic E-state index is -0.424. The number of rotatable bonds is 4. The predicted molar refractivity (Wildman–Crippen MR) is 104 cm³/mol. The minimum absolute atomic E-state index is 0.0680. The topological polar surface area (TPSA) is 87.0 Å². The molecule has 4 rings (SSSR count). The summed E-state index contributed by atoms with van der Waals surface area (Å²) in [5.74, 6) is -0.334. The second-order valence-corrected chi connectivity index (χ2v) is 6.92. The van der Waals surface area contributed by atoms with Crippen molar-refractivity contribution in [2.45, 2.75) is 12.5 Å². The summed E-state index contributed by atoms with van der Waals surface area (Å²) < 4.78 is 0. The van der Waals surface area contributed by atoms with Crippen molar-refractivity contribution in [2.75, 3.05) is 36.0 Å². The van der Waals surface area contributed by atoms with E-state index < -0.39 is 11.0 Å². The van der Waals surface area contributed by atoms with Gasteiger partial charge in [-0.15, -0.1) is 0 Å². The zero-order chi connectivity index (χ0) is 19.7. The number of amides is 2. The average Bonchev–Trinajstić information content (AvgIpc) is 3.03. The fraction of sp³-hybridized carbons (Fsp3) is 0.300. The zero-order valence-electron chi connectivity index (χ0n) is 15.2. The van der Waals surface area contributed by atoms with Crippen LogP contribution in [0, 0.1) is 10.1 Å². The van der Waals surface area contributed by atoms with Crippen LogP contribution in [0.1, 0.15) is 6.42 Å². The van der Waals surface area contributed by atoms with Gasteiger partial charge < -0.3 is 4.90 Å². The van der Waals surface area contributed by atoms with Gasteiger partial charge in [-0.2, -0.15) is 0 Å². The Morgan fingerprint density at radius 1 is 0.857 bits per heavy atom. The van der Waals surface area contributed by atoms with Gasteiger partial charge in [0.1, 0.15) is 0 Å². The van der Waals surface area contributed by atoms with Gasteiger partial charge in [-0.3, -0.25) is 24.6 Å². The lowest BCUT2D eigenvalue weighted by molar-refractivity contribution is -0.384. The molecule has 2 aromatic rings. The van der Waals surface area contributed by atoms with Crippen LogP contribution in [0.4, 0.5) is 17.1 Å². The van der Waals surface area contributed by atoms with Crippen LogP contribution in [0.3, 0.4) is 0 Å². The summed E-state index contributed by atoms with van der Waals surface area (Å²) in [5.41, 5.74) is 1.60. The molecule has 2 heterocycles. The van der Waals surface area contributed by atoms with Gasteiger partial charge in [-0.05, 0) is 24.3 Å². The maximum Gasteiger partial charge on any atom is 0.269 e. The SMILES string of the molecule is O=C1C[C@H](N2CCN(c3ccc([N+](=O)[O-])cc3)CC2)C(=O)N1c1ccccc1. The molecule has 0 aromatic heterocycles. The van der Waals surface area contributed by atoms with Gasteiger partial charge >= 0.3 is 0 Å². The maximum absolute atomic E-state index is 12.9. The first-order valence-electron chi connectivity index (χ1n) is 9.20. The number of para-hydroxylation sites is 1. The van der Waals surface area contributed by atoms with Gasteiger partial charge in [0.05, 0.1) is 23.1 Å². The van der Waals surface area contributed by atoms with Gasteiger partial charge in [-0.25, -0.2) is 4.90 Å². The molecular formula is C20H20N4O4. The molecule has 28 heavy (non-hydrogen) atoms. The highest BCUT2D eigenvalue weighted by molar-refractivity contribution is 6.22. The number of carbonyl (C=O) groups excluding carboxylic acids is 2. The van der Waals surface area contributed by atoms with Crippen LogP contribution in [0.2, 0.25) is 0 Å². The minimum Gasteiger partial charge on any atom is -0.369 e. The molecule has 144 valence electrons. The fourth-order valence-electron chi connectivity index (χ4n) is 3.83. The van der Waals surface area contributed by atoms with E-state index in [1.165, 1.54) is 17.0 Å². The summed E-state index contributed by atoms with van der Waals surface area (Å²) in [5, 5.41) is 10.8. The molecular weight excluding hydrogens is 360 g/mol. The van der Waals surface area contributed by atoms with Crippen molar-refractivity contribution in [3.63, 3.8) is 0 Å². The lowest BCUT2D eigenvalue weighted by atomic mass is 10.1. The Bertz CT molecular complexity index is 892. The Morgan fingerprint density at radius 3 is 2.11 bits per heavy atom. The molecule has 0 saturated carbocycles. The zero-order valence-corrected chi connectivity index (χ0v) is 15.2. The van der Waals surface area contributed by atoms with Crippen molar-refractivity contribution >= 4 is 28.9 Å². The summed E-state index contributed by atoms with van der Waals surface area (Å²) in [4.78, 5) is 41.1. The van der Waals surface area contributed by atoms with E-state index in [1.54, 1.807) is 24.3 Å². The predicted octanol–water partition coefficient (Wildman–Crippen LogP) is 2.05. The summed E-state index contributed by atoms with van der Waals surface area (Å²) in [6.45, 7) is 2.70. The van der Waals surface area contributed by atoms with E-state index in [0.29, 0.717) is 31.9 Å². The van der Waals surface area contributed by atoms with E-state index >= 15 is 0 Å². The molecule has 2 saturated heterocycles. The second kappa shape index (κ2) is 7.40. The molecule has 0 bridgehead atoms. The van der Waals surface area contributed by atoms with Crippen LogP contribution < -0.4 is 9.80 Å². The molecule has 2 aromatic carbocycles. The van der Waals surface area contributed by atoms with Gasteiger partial charge in [0.2, 0.25) is 5.91 Å². The quantitative estimate of drug-likeness (QED) is 0.458. The number of imide groups is 1. The molecule has 0 N–H and O–H groups in total. The van der Waals surface area contributed by atoms with Crippen molar-refractivity contribution in [2.24, 2.45) is 0 Å². The molecule has 0 aliphatic carbocycles. The van der Waals surface area contributed by atoms with E-state index in [9.17, 15) is 19.7 Å². The van der Waals surface area contributed by atoms with Crippen LogP contribution in [0.15, 0.2) is 54.6 Å². The van der Waals surface area contributed by atoms with Gasteiger partial charge in [0.15, 0.2) is 0 Å². The molecule has 2 aliphatic rings. The first-order valence-corrected chi connectivity index (χ1v) is 9.20. The summed E-state index contributed by atoms with van der Waals surface area (Å²) in [7, 11) is 0. The highest BCUT2D eigenvalue weighted by Crippen LogP contribution is 2.27. The molecule has 8 heteroatoms. The number of non-ortho nitro benzene ring substituents is 1. The van der Waals surface area contributed by atoms with E-state index in [2.05, 4.69) is 9.80 Å². The Hall–Kier alpha value is -3.26. The first kappa shape index (κ1) is 18.1. The number of carbonyl (C=O) groups is 2. The number of nitro benzene ring substituents is 1. The third-order valence-electron chi connectivity index (χ3n) is 5.32. The Kier molecular flexibility index (Phi) is 4.79. The average molecular weight is 380 g/mol. The number of hydrogen-bond donors (Lipinski definition) is 0. The maximum atomic E-state index is 12.9. The number of benzene rings is 2. The molecule has 0 unspecified atom stereocenters. The van der Waals surface area contributed by atoms with E-state index in [0.717, 1.165) is 5.69 Å². The largest absolute Gasteiger partial charge is 0.369 e. The number of piperazine rings is 1. The smallest absolute Gasteiger partial charge is 0.269 e. The van der Waals surface area contributed by atoms with Crippen LogP contribution in [-0.2, 0) is 9.59 Å². The van der Waals surface area contributed by atoms with Crippen molar-refractivity contribution in [1.29, 1.82) is 0 Å². The van der Waals surface area contributed by atoms with Crippen LogP contribution >= 0.6 is 0 Å². The lowest BCUT2D eigenvalue weighted by Crippen LogP contribution is -2.52. The standard InChI is InChI=1S/C20H20N4O4/c25-19-14-18(20(26)23(19)16-4-2-1-3-5-16)22-12-10-21(11-13-22)15-6-8-17(9-7-15)24(27)28/h1-9,18H,10-14H2/t18-/m0/s1. The molecule has 2 fully saturated rings. The molecule has 0 radical (unpaired) electrons. The number of nitro groups is 1. The van der Waals surface area contributed by atoms with E-state index in [4.69, 9.17) is 0 Å². The monoisotopic (exact) mass is 380 g/mol. The van der Waals surface area contributed by atoms with Crippen molar-refractivity contribution in [1.82, 2.24) is 4.90 Å².